The van der Waals surface area contributed by atoms with Crippen molar-refractivity contribution in [1.29, 1.82) is 0 Å². The van der Waals surface area contributed by atoms with E-state index in [-0.39, 0.29) is 18.9 Å². The highest BCUT2D eigenvalue weighted by atomic mass is 79.9. The van der Waals surface area contributed by atoms with E-state index in [0.717, 1.165) is 0 Å². The largest absolute Gasteiger partial charge is 0.488 e. The minimum atomic E-state index is -0.560. The zero-order valence-corrected chi connectivity index (χ0v) is 13.3. The van der Waals surface area contributed by atoms with Crippen LogP contribution in [-0.2, 0) is 11.3 Å². The van der Waals surface area contributed by atoms with Crippen molar-refractivity contribution in [2.75, 3.05) is 13.2 Å². The summed E-state index contributed by atoms with van der Waals surface area (Å²) < 4.78 is 25.2. The summed E-state index contributed by atoms with van der Waals surface area (Å²) in [6.45, 7) is 6.29. The molecule has 0 bridgehead atoms. The molecule has 1 aliphatic rings. The van der Waals surface area contributed by atoms with E-state index in [0.29, 0.717) is 16.6 Å². The van der Waals surface area contributed by atoms with Crippen molar-refractivity contribution in [2.24, 2.45) is 0 Å². The van der Waals surface area contributed by atoms with Crippen LogP contribution in [0.1, 0.15) is 26.3 Å². The highest BCUT2D eigenvalue weighted by Crippen LogP contribution is 2.30. The summed E-state index contributed by atoms with van der Waals surface area (Å²) in [5.74, 6) is -0.223. The van der Waals surface area contributed by atoms with Gasteiger partial charge in [0.1, 0.15) is 12.2 Å². The maximum absolute atomic E-state index is 13.8. The number of amides is 1. The van der Waals surface area contributed by atoms with E-state index in [1.807, 2.05) is 20.8 Å². The van der Waals surface area contributed by atoms with E-state index >= 15 is 0 Å². The van der Waals surface area contributed by atoms with Crippen molar-refractivity contribution in [3.8, 4) is 5.75 Å². The van der Waals surface area contributed by atoms with Crippen LogP contribution >= 0.6 is 15.9 Å². The normalized spacial score (nSPS) is 15.2. The summed E-state index contributed by atoms with van der Waals surface area (Å²) >= 11 is 3.24. The van der Waals surface area contributed by atoms with Crippen LogP contribution in [0.15, 0.2) is 16.6 Å². The van der Waals surface area contributed by atoms with Gasteiger partial charge >= 0.3 is 6.09 Å². The van der Waals surface area contributed by atoms with Crippen LogP contribution in [0.5, 0.6) is 5.75 Å². The Labute approximate surface area is 126 Å². The Balaban J connectivity index is 2.22. The van der Waals surface area contributed by atoms with Crippen molar-refractivity contribution in [3.05, 3.63) is 28.0 Å². The quantitative estimate of drug-likeness (QED) is 0.719. The lowest BCUT2D eigenvalue weighted by atomic mass is 10.2. The van der Waals surface area contributed by atoms with Gasteiger partial charge in [0.05, 0.1) is 13.1 Å². The number of ether oxygens (including phenoxy) is 2. The molecule has 6 heteroatoms. The highest BCUT2D eigenvalue weighted by molar-refractivity contribution is 9.10. The number of carbonyl (C=O) groups is 1. The first-order valence-electron chi connectivity index (χ1n) is 6.35. The molecule has 4 nitrogen and oxygen atoms in total. The summed E-state index contributed by atoms with van der Waals surface area (Å²) in [7, 11) is 0. The van der Waals surface area contributed by atoms with Gasteiger partial charge in [-0.1, -0.05) is 15.9 Å². The molecule has 0 saturated carbocycles. The van der Waals surface area contributed by atoms with E-state index in [4.69, 9.17) is 9.47 Å². The van der Waals surface area contributed by atoms with Gasteiger partial charge in [-0.25, -0.2) is 9.18 Å². The molecule has 1 heterocycles. The molecule has 0 fully saturated rings. The molecule has 0 spiro atoms. The molecule has 1 aromatic rings. The zero-order valence-electron chi connectivity index (χ0n) is 11.7. The molecule has 0 N–H and O–H groups in total. The molecule has 110 valence electrons. The van der Waals surface area contributed by atoms with Crippen LogP contribution in [0.2, 0.25) is 0 Å². The third-order valence-corrected chi connectivity index (χ3v) is 3.16. The third-order valence-electron chi connectivity index (χ3n) is 2.71. The van der Waals surface area contributed by atoms with Gasteiger partial charge < -0.3 is 14.4 Å². The van der Waals surface area contributed by atoms with Crippen LogP contribution in [0, 0.1) is 5.82 Å². The Morgan fingerprint density at radius 2 is 2.15 bits per heavy atom. The Morgan fingerprint density at radius 3 is 2.80 bits per heavy atom. The first kappa shape index (κ1) is 15.1. The summed E-state index contributed by atoms with van der Waals surface area (Å²) in [6, 6.07) is 3.10. The fourth-order valence-corrected chi connectivity index (χ4v) is 2.39. The van der Waals surface area contributed by atoms with Gasteiger partial charge in [0.25, 0.3) is 0 Å². The molecule has 0 aliphatic carbocycles. The van der Waals surface area contributed by atoms with Gasteiger partial charge in [0.15, 0.2) is 11.6 Å². The Kier molecular flexibility index (Phi) is 4.22. The van der Waals surface area contributed by atoms with Crippen molar-refractivity contribution in [1.82, 2.24) is 4.90 Å². The Hall–Kier alpha value is -1.30. The number of hydrogen-bond donors (Lipinski definition) is 0. The lowest BCUT2D eigenvalue weighted by Gasteiger charge is -2.26. The van der Waals surface area contributed by atoms with Crippen molar-refractivity contribution < 1.29 is 18.7 Å². The number of rotatable bonds is 0. The number of fused-ring (bicyclic) bond motifs is 1. The van der Waals surface area contributed by atoms with E-state index in [1.165, 1.54) is 11.0 Å². The summed E-state index contributed by atoms with van der Waals surface area (Å²) in [5, 5.41) is 0. The molecular weight excluding hydrogens is 329 g/mol. The molecule has 0 radical (unpaired) electrons. The molecule has 1 aromatic carbocycles. The SMILES string of the molecule is CC(C)(C)OC(=O)N1CCOc2c(F)cc(Br)cc2C1. The maximum Gasteiger partial charge on any atom is 0.410 e. The molecule has 0 saturated heterocycles. The second kappa shape index (κ2) is 5.60. The number of hydrogen-bond acceptors (Lipinski definition) is 3. The van der Waals surface area contributed by atoms with E-state index in [9.17, 15) is 9.18 Å². The highest BCUT2D eigenvalue weighted by Gasteiger charge is 2.26. The molecule has 1 aliphatic heterocycles. The molecule has 1 amide bonds. The minimum Gasteiger partial charge on any atom is -0.488 e. The average molecular weight is 346 g/mol. The van der Waals surface area contributed by atoms with Crippen LogP contribution in [0.25, 0.3) is 0 Å². The van der Waals surface area contributed by atoms with Gasteiger partial charge in [-0.05, 0) is 32.9 Å². The van der Waals surface area contributed by atoms with Crippen molar-refractivity contribution in [2.45, 2.75) is 32.9 Å². The smallest absolute Gasteiger partial charge is 0.410 e. The molecule has 2 rings (SSSR count). The minimum absolute atomic E-state index is 0.208. The molecule has 0 atom stereocenters. The van der Waals surface area contributed by atoms with E-state index < -0.39 is 17.5 Å². The van der Waals surface area contributed by atoms with Crippen LogP contribution in [0.4, 0.5) is 9.18 Å². The lowest BCUT2D eigenvalue weighted by molar-refractivity contribution is 0.0225. The number of nitrogens with zero attached hydrogens (tertiary/aromatic N) is 1. The Morgan fingerprint density at radius 1 is 1.45 bits per heavy atom. The van der Waals surface area contributed by atoms with Gasteiger partial charge in [-0.3, -0.25) is 0 Å². The maximum atomic E-state index is 13.8. The predicted molar refractivity (Wildman–Crippen MR) is 76.2 cm³/mol. The van der Waals surface area contributed by atoms with Gasteiger partial charge in [-0.15, -0.1) is 0 Å². The van der Waals surface area contributed by atoms with Crippen LogP contribution in [-0.4, -0.2) is 29.7 Å². The van der Waals surface area contributed by atoms with Crippen LogP contribution < -0.4 is 4.74 Å². The zero-order chi connectivity index (χ0) is 14.9. The second-order valence-electron chi connectivity index (χ2n) is 5.63. The Bertz CT molecular complexity index is 528. The standard InChI is InChI=1S/C14H17BrFNO3/c1-14(2,3)20-13(18)17-4-5-19-12-9(8-17)6-10(15)7-11(12)16/h6-7H,4-5,8H2,1-3H3. The monoisotopic (exact) mass is 345 g/mol. The first-order chi connectivity index (χ1) is 9.26. The predicted octanol–water partition coefficient (Wildman–Crippen LogP) is 3.72. The number of halogens is 2. The number of carbonyl (C=O) groups excluding carboxylic acids is 1. The van der Waals surface area contributed by atoms with Crippen molar-refractivity contribution >= 4 is 22.0 Å². The fourth-order valence-electron chi connectivity index (χ4n) is 1.92. The van der Waals surface area contributed by atoms with E-state index in [1.54, 1.807) is 6.07 Å². The van der Waals surface area contributed by atoms with Gasteiger partial charge in [0, 0.05) is 10.0 Å². The van der Waals surface area contributed by atoms with Crippen molar-refractivity contribution in [3.63, 3.8) is 0 Å². The topological polar surface area (TPSA) is 38.8 Å². The first-order valence-corrected chi connectivity index (χ1v) is 7.14. The summed E-state index contributed by atoms with van der Waals surface area (Å²) in [6.07, 6.45) is -0.422. The van der Waals surface area contributed by atoms with E-state index in [2.05, 4.69) is 15.9 Å². The van der Waals surface area contributed by atoms with Gasteiger partial charge in [-0.2, -0.15) is 0 Å². The molecule has 0 unspecified atom stereocenters. The molecule has 0 aromatic heterocycles. The summed E-state index contributed by atoms with van der Waals surface area (Å²) in [5.41, 5.74) is 0.0653. The summed E-state index contributed by atoms with van der Waals surface area (Å²) in [4.78, 5) is 13.6. The average Bonchev–Trinajstić information content (AvgIpc) is 2.48. The molecule has 20 heavy (non-hydrogen) atoms. The van der Waals surface area contributed by atoms with Crippen LogP contribution in [0.3, 0.4) is 0 Å². The molecular formula is C14H17BrFNO3. The van der Waals surface area contributed by atoms with Gasteiger partial charge in [0.2, 0.25) is 0 Å². The fraction of sp³-hybridized carbons (Fsp3) is 0.500. The number of benzene rings is 1. The lowest BCUT2D eigenvalue weighted by Crippen LogP contribution is -2.37. The second-order valence-corrected chi connectivity index (χ2v) is 6.54. The third kappa shape index (κ3) is 3.62.